The number of hydrogen-bond donors (Lipinski definition) is 0. The molecule has 4 heteroatoms. The fraction of sp³-hybridized carbons (Fsp3) is 0.500. The largest absolute Gasteiger partial charge is 0.374 e. The highest BCUT2D eigenvalue weighted by atomic mass is 19.1. The van der Waals surface area contributed by atoms with E-state index in [0.717, 1.165) is 25.8 Å². The average molecular weight is 246 g/mol. The average Bonchev–Trinajstić information content (AvgIpc) is 2.87. The Labute approximate surface area is 106 Å². The second-order valence-corrected chi connectivity index (χ2v) is 4.88. The van der Waals surface area contributed by atoms with Crippen molar-refractivity contribution in [2.45, 2.75) is 31.4 Å². The summed E-state index contributed by atoms with van der Waals surface area (Å²) in [5, 5.41) is 8.76. The van der Waals surface area contributed by atoms with Gasteiger partial charge in [-0.3, -0.25) is 0 Å². The van der Waals surface area contributed by atoms with Gasteiger partial charge < -0.3 is 9.64 Å². The van der Waals surface area contributed by atoms with Gasteiger partial charge in [-0.05, 0) is 37.5 Å². The maximum absolute atomic E-state index is 14.0. The Hall–Kier alpha value is -1.60. The highest BCUT2D eigenvalue weighted by Crippen LogP contribution is 2.34. The zero-order valence-corrected chi connectivity index (χ0v) is 10.1. The smallest absolute Gasteiger partial charge is 0.147 e. The molecule has 1 aromatic rings. The van der Waals surface area contributed by atoms with E-state index in [2.05, 4.69) is 4.90 Å². The van der Waals surface area contributed by atoms with Crippen LogP contribution in [-0.4, -0.2) is 25.3 Å². The van der Waals surface area contributed by atoms with Gasteiger partial charge in [0.15, 0.2) is 0 Å². The molecule has 1 aliphatic heterocycles. The molecule has 2 atom stereocenters. The maximum atomic E-state index is 14.0. The quantitative estimate of drug-likeness (QED) is 0.763. The summed E-state index contributed by atoms with van der Waals surface area (Å²) < 4.78 is 19.8. The Balaban J connectivity index is 1.92. The molecule has 0 N–H and O–H groups in total. The third kappa shape index (κ3) is 1.85. The van der Waals surface area contributed by atoms with Crippen LogP contribution in [0.1, 0.15) is 24.8 Å². The van der Waals surface area contributed by atoms with Crippen LogP contribution >= 0.6 is 0 Å². The van der Waals surface area contributed by atoms with Crippen LogP contribution in [0.5, 0.6) is 0 Å². The Bertz CT molecular complexity index is 497. The number of nitriles is 1. The van der Waals surface area contributed by atoms with Crippen LogP contribution < -0.4 is 4.90 Å². The van der Waals surface area contributed by atoms with Crippen LogP contribution in [-0.2, 0) is 4.74 Å². The molecule has 0 unspecified atom stereocenters. The molecule has 1 heterocycles. The molecule has 0 spiro atoms. The summed E-state index contributed by atoms with van der Waals surface area (Å²) in [6.07, 6.45) is 3.51. The summed E-state index contributed by atoms with van der Waals surface area (Å²) in [4.78, 5) is 2.11. The SMILES string of the molecule is N#Cc1ccc(N2CCO[C@@H]3CCC[C@@H]32)c(F)c1. The third-order valence-corrected chi connectivity index (χ3v) is 3.87. The summed E-state index contributed by atoms with van der Waals surface area (Å²) in [6, 6.07) is 6.96. The first kappa shape index (κ1) is 11.5. The number of halogens is 1. The molecule has 0 amide bonds. The summed E-state index contributed by atoms with van der Waals surface area (Å²) >= 11 is 0. The minimum absolute atomic E-state index is 0.244. The van der Waals surface area contributed by atoms with Crippen molar-refractivity contribution < 1.29 is 9.13 Å². The summed E-state index contributed by atoms with van der Waals surface area (Å²) in [5.41, 5.74) is 0.974. The van der Waals surface area contributed by atoms with E-state index in [-0.39, 0.29) is 11.9 Å². The lowest BCUT2D eigenvalue weighted by Crippen LogP contribution is -2.49. The van der Waals surface area contributed by atoms with E-state index in [4.69, 9.17) is 10.00 Å². The van der Waals surface area contributed by atoms with Gasteiger partial charge in [0, 0.05) is 6.54 Å². The third-order valence-electron chi connectivity index (χ3n) is 3.87. The minimum Gasteiger partial charge on any atom is -0.374 e. The van der Waals surface area contributed by atoms with E-state index in [9.17, 15) is 4.39 Å². The number of ether oxygens (including phenoxy) is 1. The van der Waals surface area contributed by atoms with Crippen LogP contribution in [0.4, 0.5) is 10.1 Å². The van der Waals surface area contributed by atoms with Crippen molar-refractivity contribution in [3.63, 3.8) is 0 Å². The lowest BCUT2D eigenvalue weighted by molar-refractivity contribution is 0.0254. The van der Waals surface area contributed by atoms with Crippen molar-refractivity contribution in [3.8, 4) is 6.07 Å². The van der Waals surface area contributed by atoms with Crippen molar-refractivity contribution in [2.24, 2.45) is 0 Å². The van der Waals surface area contributed by atoms with E-state index in [1.807, 2.05) is 6.07 Å². The van der Waals surface area contributed by atoms with Gasteiger partial charge in [0.2, 0.25) is 0 Å². The van der Waals surface area contributed by atoms with Crippen LogP contribution in [0.25, 0.3) is 0 Å². The zero-order valence-electron chi connectivity index (χ0n) is 10.1. The Morgan fingerprint density at radius 2 is 2.28 bits per heavy atom. The molecule has 2 aliphatic rings. The van der Waals surface area contributed by atoms with Crippen molar-refractivity contribution in [1.82, 2.24) is 0 Å². The van der Waals surface area contributed by atoms with E-state index in [0.29, 0.717) is 23.9 Å². The van der Waals surface area contributed by atoms with Crippen LogP contribution in [0.2, 0.25) is 0 Å². The predicted molar refractivity (Wildman–Crippen MR) is 65.8 cm³/mol. The Morgan fingerprint density at radius 3 is 3.06 bits per heavy atom. The van der Waals surface area contributed by atoms with Gasteiger partial charge in [0.1, 0.15) is 5.82 Å². The molecular weight excluding hydrogens is 231 g/mol. The highest BCUT2D eigenvalue weighted by molar-refractivity contribution is 5.52. The highest BCUT2D eigenvalue weighted by Gasteiger charge is 2.36. The van der Waals surface area contributed by atoms with Crippen LogP contribution in [0.15, 0.2) is 18.2 Å². The molecular formula is C14H15FN2O. The molecule has 1 aromatic carbocycles. The number of benzene rings is 1. The monoisotopic (exact) mass is 246 g/mol. The molecule has 18 heavy (non-hydrogen) atoms. The van der Waals surface area contributed by atoms with E-state index in [1.54, 1.807) is 12.1 Å². The van der Waals surface area contributed by atoms with E-state index in [1.165, 1.54) is 6.07 Å². The van der Waals surface area contributed by atoms with Gasteiger partial charge in [-0.25, -0.2) is 4.39 Å². The standard InChI is InChI=1S/C14H15FN2O/c15-11-8-10(9-16)4-5-12(11)17-6-7-18-14-3-1-2-13(14)17/h4-5,8,13-14H,1-3,6-7H2/t13-,14+/m0/s1. The molecule has 2 fully saturated rings. The first-order valence-electron chi connectivity index (χ1n) is 6.37. The number of rotatable bonds is 1. The predicted octanol–water partition coefficient (Wildman–Crippen LogP) is 2.46. The molecule has 1 aliphatic carbocycles. The topological polar surface area (TPSA) is 36.3 Å². The molecule has 0 radical (unpaired) electrons. The first-order chi connectivity index (χ1) is 8.79. The fourth-order valence-electron chi connectivity index (χ4n) is 3.03. The van der Waals surface area contributed by atoms with Crippen LogP contribution in [0.3, 0.4) is 0 Å². The van der Waals surface area contributed by atoms with Crippen LogP contribution in [0, 0.1) is 17.1 Å². The van der Waals surface area contributed by atoms with Gasteiger partial charge in [-0.2, -0.15) is 5.26 Å². The molecule has 1 saturated carbocycles. The number of anilines is 1. The Morgan fingerprint density at radius 1 is 1.39 bits per heavy atom. The molecule has 94 valence electrons. The zero-order chi connectivity index (χ0) is 12.5. The number of fused-ring (bicyclic) bond motifs is 1. The van der Waals surface area contributed by atoms with Gasteiger partial charge in [0.25, 0.3) is 0 Å². The molecule has 0 aromatic heterocycles. The fourth-order valence-corrected chi connectivity index (χ4v) is 3.03. The molecule has 3 rings (SSSR count). The normalized spacial score (nSPS) is 26.8. The van der Waals surface area contributed by atoms with Gasteiger partial charge in [0.05, 0.1) is 36.1 Å². The van der Waals surface area contributed by atoms with Crippen molar-refractivity contribution in [3.05, 3.63) is 29.6 Å². The number of nitrogens with zero attached hydrogens (tertiary/aromatic N) is 2. The van der Waals surface area contributed by atoms with Gasteiger partial charge >= 0.3 is 0 Å². The van der Waals surface area contributed by atoms with Crippen molar-refractivity contribution in [1.29, 1.82) is 5.26 Å². The lowest BCUT2D eigenvalue weighted by Gasteiger charge is -2.39. The van der Waals surface area contributed by atoms with E-state index >= 15 is 0 Å². The first-order valence-corrected chi connectivity index (χ1v) is 6.37. The number of hydrogen-bond acceptors (Lipinski definition) is 3. The second-order valence-electron chi connectivity index (χ2n) is 4.88. The van der Waals surface area contributed by atoms with Crippen molar-refractivity contribution in [2.75, 3.05) is 18.1 Å². The van der Waals surface area contributed by atoms with Crippen molar-refractivity contribution >= 4 is 5.69 Å². The molecule has 3 nitrogen and oxygen atoms in total. The second kappa shape index (κ2) is 4.58. The summed E-state index contributed by atoms with van der Waals surface area (Å²) in [5.74, 6) is -0.304. The summed E-state index contributed by atoms with van der Waals surface area (Å²) in [6.45, 7) is 1.38. The molecule has 0 bridgehead atoms. The summed E-state index contributed by atoms with van der Waals surface area (Å²) in [7, 11) is 0. The van der Waals surface area contributed by atoms with Gasteiger partial charge in [-0.15, -0.1) is 0 Å². The minimum atomic E-state index is -0.304. The lowest BCUT2D eigenvalue weighted by atomic mass is 10.1. The maximum Gasteiger partial charge on any atom is 0.147 e. The van der Waals surface area contributed by atoms with E-state index < -0.39 is 0 Å². The Kier molecular flexibility index (Phi) is 2.92. The number of morpholine rings is 1. The van der Waals surface area contributed by atoms with Gasteiger partial charge in [-0.1, -0.05) is 0 Å². The molecule has 1 saturated heterocycles.